The molecule has 0 aliphatic heterocycles. The number of carbonyl (C=O) groups excluding carboxylic acids is 1. The number of aliphatic hydroxyl groups is 1. The maximum Gasteiger partial charge on any atom is 0.141 e. The Bertz CT molecular complexity index is 163. The van der Waals surface area contributed by atoms with Crippen molar-refractivity contribution in [3.05, 3.63) is 11.0 Å². The van der Waals surface area contributed by atoms with Gasteiger partial charge in [-0.15, -0.1) is 11.8 Å². The Morgan fingerprint density at radius 3 is 3.00 bits per heavy atom. The fourth-order valence-electron chi connectivity index (χ4n) is 0.853. The summed E-state index contributed by atoms with van der Waals surface area (Å²) < 4.78 is 0. The summed E-state index contributed by atoms with van der Waals surface area (Å²) >= 11 is 1.58. The lowest BCUT2D eigenvalue weighted by Crippen LogP contribution is -1.89. The van der Waals surface area contributed by atoms with Crippen LogP contribution in [0.25, 0.3) is 0 Å². The van der Waals surface area contributed by atoms with E-state index < -0.39 is 0 Å². The molecule has 0 bridgehead atoms. The Morgan fingerprint density at radius 2 is 2.50 bits per heavy atom. The van der Waals surface area contributed by atoms with Crippen LogP contribution >= 0.6 is 11.8 Å². The molecule has 0 unspecified atom stereocenters. The van der Waals surface area contributed by atoms with E-state index in [1.54, 1.807) is 11.8 Å². The van der Waals surface area contributed by atoms with E-state index in [2.05, 4.69) is 0 Å². The molecule has 0 aromatic carbocycles. The highest BCUT2D eigenvalue weighted by atomic mass is 32.2. The van der Waals surface area contributed by atoms with Crippen LogP contribution in [0.2, 0.25) is 0 Å². The molecule has 0 saturated carbocycles. The van der Waals surface area contributed by atoms with Crippen molar-refractivity contribution >= 4 is 17.5 Å². The Kier molecular flexibility index (Phi) is 2.96. The number of carbonyl (C=O) groups is 1. The van der Waals surface area contributed by atoms with Crippen LogP contribution in [0.1, 0.15) is 12.8 Å². The van der Waals surface area contributed by atoms with Crippen molar-refractivity contribution in [2.24, 2.45) is 0 Å². The topological polar surface area (TPSA) is 37.3 Å². The van der Waals surface area contributed by atoms with E-state index in [1.165, 1.54) is 0 Å². The fraction of sp³-hybridized carbons (Fsp3) is 0.571. The molecule has 0 saturated heterocycles. The molecule has 0 amide bonds. The molecule has 1 rings (SSSR count). The van der Waals surface area contributed by atoms with Gasteiger partial charge in [-0.25, -0.2) is 0 Å². The minimum atomic E-state index is 0.191. The average Bonchev–Trinajstić information content (AvgIpc) is 2.31. The smallest absolute Gasteiger partial charge is 0.141 e. The number of thioether (sulfide) groups is 1. The lowest BCUT2D eigenvalue weighted by Gasteiger charge is -1.95. The van der Waals surface area contributed by atoms with E-state index in [1.807, 2.05) is 6.08 Å². The van der Waals surface area contributed by atoms with Crippen molar-refractivity contribution in [2.45, 2.75) is 12.8 Å². The number of allylic oxidation sites excluding steroid dienone is 2. The molecule has 0 heterocycles. The van der Waals surface area contributed by atoms with Gasteiger partial charge in [0, 0.05) is 18.6 Å². The van der Waals surface area contributed by atoms with Crippen molar-refractivity contribution in [3.8, 4) is 0 Å². The number of hydrogen-bond acceptors (Lipinski definition) is 3. The SMILES string of the molecule is O=C1CC=C(SCCO)C1. The number of rotatable bonds is 3. The van der Waals surface area contributed by atoms with Crippen molar-refractivity contribution in [1.82, 2.24) is 0 Å². The monoisotopic (exact) mass is 158 g/mol. The third-order valence-electron chi connectivity index (χ3n) is 1.31. The van der Waals surface area contributed by atoms with Gasteiger partial charge in [-0.1, -0.05) is 6.08 Å². The third kappa shape index (κ3) is 2.15. The van der Waals surface area contributed by atoms with Gasteiger partial charge in [-0.2, -0.15) is 0 Å². The summed E-state index contributed by atoms with van der Waals surface area (Å²) in [6.07, 6.45) is 3.13. The summed E-state index contributed by atoms with van der Waals surface area (Å²) in [5.41, 5.74) is 0. The van der Waals surface area contributed by atoms with Gasteiger partial charge in [0.05, 0.1) is 6.61 Å². The standard InChI is InChI=1S/C7H10O2S/c8-3-4-10-7-2-1-6(9)5-7/h2,8H,1,3-5H2. The molecule has 0 aromatic heterocycles. The van der Waals surface area contributed by atoms with Crippen LogP contribution in [0.15, 0.2) is 11.0 Å². The first-order valence-electron chi connectivity index (χ1n) is 3.27. The summed E-state index contributed by atoms with van der Waals surface area (Å²) in [4.78, 5) is 11.8. The summed E-state index contributed by atoms with van der Waals surface area (Å²) in [5, 5.41) is 8.46. The van der Waals surface area contributed by atoms with Crippen LogP contribution < -0.4 is 0 Å². The molecule has 0 aromatic rings. The Hall–Kier alpha value is -0.280. The highest BCUT2D eigenvalue weighted by molar-refractivity contribution is 8.03. The molecule has 10 heavy (non-hydrogen) atoms. The van der Waals surface area contributed by atoms with Gasteiger partial charge in [0.15, 0.2) is 0 Å². The molecule has 1 aliphatic carbocycles. The van der Waals surface area contributed by atoms with Crippen LogP contribution in [-0.2, 0) is 4.79 Å². The van der Waals surface area contributed by atoms with Crippen LogP contribution in [-0.4, -0.2) is 23.2 Å². The van der Waals surface area contributed by atoms with E-state index in [-0.39, 0.29) is 6.61 Å². The Labute approximate surface area is 64.3 Å². The molecular weight excluding hydrogens is 148 g/mol. The molecule has 0 radical (unpaired) electrons. The highest BCUT2D eigenvalue weighted by Gasteiger charge is 2.11. The van der Waals surface area contributed by atoms with E-state index >= 15 is 0 Å². The largest absolute Gasteiger partial charge is 0.396 e. The highest BCUT2D eigenvalue weighted by Crippen LogP contribution is 2.25. The first-order chi connectivity index (χ1) is 4.83. The van der Waals surface area contributed by atoms with Crippen LogP contribution in [0.3, 0.4) is 0 Å². The number of aliphatic hydroxyl groups excluding tert-OH is 1. The maximum absolute atomic E-state index is 10.7. The van der Waals surface area contributed by atoms with Crippen molar-refractivity contribution < 1.29 is 9.90 Å². The zero-order chi connectivity index (χ0) is 7.40. The van der Waals surface area contributed by atoms with Gasteiger partial charge in [-0.05, 0) is 4.91 Å². The Balaban J connectivity index is 2.23. The zero-order valence-electron chi connectivity index (χ0n) is 5.67. The van der Waals surface area contributed by atoms with E-state index in [0.29, 0.717) is 24.4 Å². The van der Waals surface area contributed by atoms with Gasteiger partial charge in [-0.3, -0.25) is 4.79 Å². The number of hydrogen-bond donors (Lipinski definition) is 1. The second-order valence-electron chi connectivity index (χ2n) is 2.16. The number of ketones is 1. The van der Waals surface area contributed by atoms with Crippen LogP contribution in [0, 0.1) is 0 Å². The van der Waals surface area contributed by atoms with Gasteiger partial charge < -0.3 is 5.11 Å². The molecule has 1 aliphatic rings. The van der Waals surface area contributed by atoms with Crippen LogP contribution in [0.5, 0.6) is 0 Å². The molecule has 3 heteroatoms. The second-order valence-corrected chi connectivity index (χ2v) is 3.38. The molecule has 0 spiro atoms. The first-order valence-corrected chi connectivity index (χ1v) is 4.26. The van der Waals surface area contributed by atoms with Crippen molar-refractivity contribution in [1.29, 1.82) is 0 Å². The van der Waals surface area contributed by atoms with E-state index in [0.717, 1.165) is 4.91 Å². The van der Waals surface area contributed by atoms with E-state index in [9.17, 15) is 4.79 Å². The zero-order valence-corrected chi connectivity index (χ0v) is 6.49. The minimum absolute atomic E-state index is 0.191. The first kappa shape index (κ1) is 7.82. The van der Waals surface area contributed by atoms with Crippen molar-refractivity contribution in [3.63, 3.8) is 0 Å². The average molecular weight is 158 g/mol. The fourth-order valence-corrected chi connectivity index (χ4v) is 1.67. The van der Waals surface area contributed by atoms with Gasteiger partial charge in [0.2, 0.25) is 0 Å². The molecule has 1 N–H and O–H groups in total. The predicted octanol–water partition coefficient (Wildman–Crippen LogP) is 0.959. The van der Waals surface area contributed by atoms with Gasteiger partial charge >= 0.3 is 0 Å². The maximum atomic E-state index is 10.7. The minimum Gasteiger partial charge on any atom is -0.396 e. The normalized spacial score (nSPS) is 17.7. The molecule has 0 fully saturated rings. The van der Waals surface area contributed by atoms with Crippen molar-refractivity contribution in [2.75, 3.05) is 12.4 Å². The molecule has 2 nitrogen and oxygen atoms in total. The summed E-state index contributed by atoms with van der Waals surface area (Å²) in [6, 6.07) is 0. The quantitative estimate of drug-likeness (QED) is 0.664. The lowest BCUT2D eigenvalue weighted by atomic mass is 10.3. The third-order valence-corrected chi connectivity index (χ3v) is 2.38. The van der Waals surface area contributed by atoms with Crippen LogP contribution in [0.4, 0.5) is 0 Å². The molecule has 56 valence electrons. The van der Waals surface area contributed by atoms with Gasteiger partial charge in [0.1, 0.15) is 5.78 Å². The summed E-state index contributed by atoms with van der Waals surface area (Å²) in [6.45, 7) is 0.191. The summed E-state index contributed by atoms with van der Waals surface area (Å²) in [5.74, 6) is 1.000. The predicted molar refractivity (Wildman–Crippen MR) is 41.9 cm³/mol. The second kappa shape index (κ2) is 3.78. The van der Waals surface area contributed by atoms with E-state index in [4.69, 9.17) is 5.11 Å². The Morgan fingerprint density at radius 1 is 1.70 bits per heavy atom. The lowest BCUT2D eigenvalue weighted by molar-refractivity contribution is -0.116. The van der Waals surface area contributed by atoms with Gasteiger partial charge in [0.25, 0.3) is 0 Å². The molecular formula is C7H10O2S. The number of Topliss-reactive ketones (excluding diaryl/α,β-unsaturated/α-hetero) is 1. The molecule has 0 atom stereocenters. The summed E-state index contributed by atoms with van der Waals surface area (Å²) in [7, 11) is 0.